The molecular weight excluding hydrogens is 1260 g/mol. The SMILES string of the molecule is CCCCCCc1cc(N=Cc2cccc(C(=O)Nc3ccccc3NC(=O)c3ccccc3OC)c2[O-])c(N=Cc2cccc(C(=O)Nc3ccccc3NC(=O)c3ccccc3OC)c2[O-])cc1CCCCCC.ClC(Cl)Cl.ClC(Cl)Cl.[Cu+2]. The van der Waals surface area contributed by atoms with Gasteiger partial charge in [-0.15, -0.1) is 0 Å². The van der Waals surface area contributed by atoms with E-state index in [0.717, 1.165) is 75.3 Å². The molecule has 0 saturated heterocycles. The minimum absolute atomic E-state index is 0. The molecule has 7 aromatic carbocycles. The van der Waals surface area contributed by atoms with Gasteiger partial charge in [-0.05, 0) is 109 Å². The zero-order valence-electron chi connectivity index (χ0n) is 47.0. The topological polar surface area (TPSA) is 206 Å². The van der Waals surface area contributed by atoms with E-state index in [1.54, 1.807) is 121 Å². The van der Waals surface area contributed by atoms with Crippen LogP contribution < -0.4 is 41.0 Å². The fourth-order valence-corrected chi connectivity index (χ4v) is 8.59. The number of unbranched alkanes of at least 4 members (excludes halogenated alkanes) is 6. The summed E-state index contributed by atoms with van der Waals surface area (Å²) in [5, 5.41) is 39.4. The Morgan fingerprint density at radius 2 is 0.741 bits per heavy atom. The third kappa shape index (κ3) is 22.5. The first-order valence-electron chi connectivity index (χ1n) is 26.9. The van der Waals surface area contributed by atoms with Gasteiger partial charge in [0, 0.05) is 23.6 Å². The van der Waals surface area contributed by atoms with Gasteiger partial charge in [-0.25, -0.2) is 0 Å². The Kier molecular flexibility index (Phi) is 31.3. The van der Waals surface area contributed by atoms with Crippen LogP contribution in [-0.4, -0.2) is 58.9 Å². The summed E-state index contributed by atoms with van der Waals surface area (Å²) < 4.78 is 9.22. The van der Waals surface area contributed by atoms with Crippen molar-refractivity contribution in [2.24, 2.45) is 9.98 Å². The Labute approximate surface area is 537 Å². The second-order valence-electron chi connectivity index (χ2n) is 18.5. The normalized spacial score (nSPS) is 10.8. The van der Waals surface area contributed by atoms with Gasteiger partial charge in [-0.1, -0.05) is 218 Å². The van der Waals surface area contributed by atoms with Crippen molar-refractivity contribution in [1.29, 1.82) is 0 Å². The Morgan fingerprint density at radius 1 is 0.447 bits per heavy atom. The Hall–Kier alpha value is -6.78. The Bertz CT molecular complexity index is 3160. The number of halogens is 6. The van der Waals surface area contributed by atoms with E-state index in [1.165, 1.54) is 38.8 Å². The molecule has 14 nitrogen and oxygen atoms in total. The number of alkyl halides is 6. The van der Waals surface area contributed by atoms with Gasteiger partial charge < -0.3 is 41.0 Å². The number of para-hydroxylation sites is 8. The number of amides is 4. The summed E-state index contributed by atoms with van der Waals surface area (Å²) in [5.41, 5.74) is 4.95. The molecule has 0 unspecified atom stereocenters. The molecule has 0 fully saturated rings. The van der Waals surface area contributed by atoms with Crippen LogP contribution in [0.2, 0.25) is 0 Å². The summed E-state index contributed by atoms with van der Waals surface area (Å²) in [6, 6.07) is 40.1. The second-order valence-corrected chi connectivity index (χ2v) is 22.5. The fourth-order valence-electron chi connectivity index (χ4n) is 8.59. The predicted octanol–water partition coefficient (Wildman–Crippen LogP) is 16.6. The summed E-state index contributed by atoms with van der Waals surface area (Å²) in [4.78, 5) is 63.9. The number of methoxy groups -OCH3 is 2. The number of rotatable bonds is 24. The average Bonchev–Trinajstić information content (AvgIpc) is 3.40. The zero-order valence-corrected chi connectivity index (χ0v) is 52.4. The summed E-state index contributed by atoms with van der Waals surface area (Å²) in [5.74, 6) is -2.63. The standard InChI is InChI=1S/C62H64N6O8.2CHCl3.Cu/c1-5-7-9-11-23-41-37-53(63-39-43-25-21-29-47(57(43)69)61(73)67-51-33-17-15-31-49(51)65-59(71)45-27-13-19-35-55(45)75-3)54(38-42(41)24-12-10-8-6-2)64-40-44-26-22-30-48(58(44)70)62(74)68-52-34-18-16-32-50(52)66-60(72)46-28-14-20-36-56(46)76-4;2*2-1(3)4;/h13-22,25-40,69-70H,5-12,23-24H2,1-4H3,(H,65,71)(H,66,72)(H,67,73)(H,68,74);2*1H;/q;;;+2/p-2. The molecule has 0 saturated carbocycles. The maximum atomic E-state index is 14.1. The molecule has 4 amide bonds. The van der Waals surface area contributed by atoms with E-state index in [2.05, 4.69) is 35.1 Å². The van der Waals surface area contributed by atoms with Gasteiger partial charge in [0.25, 0.3) is 23.6 Å². The van der Waals surface area contributed by atoms with E-state index in [0.29, 0.717) is 45.4 Å². The zero-order chi connectivity index (χ0) is 61.0. The molecule has 1 radical (unpaired) electrons. The van der Waals surface area contributed by atoms with Crippen molar-refractivity contribution in [2.45, 2.75) is 86.6 Å². The van der Waals surface area contributed by atoms with Crippen molar-refractivity contribution in [3.63, 3.8) is 0 Å². The first-order chi connectivity index (χ1) is 40.5. The molecular formula is C64H64Cl6CuN6O8. The maximum absolute atomic E-state index is 14.1. The minimum atomic E-state index is -0.750. The number of nitrogens with one attached hydrogen (secondary N) is 4. The van der Waals surface area contributed by atoms with Gasteiger partial charge in [0.2, 0.25) is 0 Å². The molecule has 21 heteroatoms. The first kappa shape index (κ1) is 70.7. The van der Waals surface area contributed by atoms with Crippen LogP contribution in [0.4, 0.5) is 34.1 Å². The number of aliphatic imine (C=N–C) groups is 2. The average molecular weight is 1320 g/mol. The minimum Gasteiger partial charge on any atom is -0.871 e. The van der Waals surface area contributed by atoms with Crippen LogP contribution in [0.1, 0.15) is 129 Å². The van der Waals surface area contributed by atoms with Crippen molar-refractivity contribution in [3.05, 3.63) is 190 Å². The predicted molar refractivity (Wildman–Crippen MR) is 342 cm³/mol. The summed E-state index contributed by atoms with van der Waals surface area (Å²) in [7, 11) is 2.95. The smallest absolute Gasteiger partial charge is 0.871 e. The second kappa shape index (κ2) is 37.6. The van der Waals surface area contributed by atoms with Crippen LogP contribution in [0, 0.1) is 0 Å². The number of carbonyl (C=O) groups excluding carboxylic acids is 4. The van der Waals surface area contributed by atoms with Crippen LogP contribution in [0.15, 0.2) is 156 Å². The summed E-state index contributed by atoms with van der Waals surface area (Å²) >= 11 is 28.8. The summed E-state index contributed by atoms with van der Waals surface area (Å²) in [6.07, 6.45) is 12.9. The third-order valence-corrected chi connectivity index (χ3v) is 12.7. The number of hydrogen-bond acceptors (Lipinski definition) is 10. The van der Waals surface area contributed by atoms with Gasteiger partial charge >= 0.3 is 17.1 Å². The van der Waals surface area contributed by atoms with Gasteiger partial charge in [-0.3, -0.25) is 29.2 Å². The summed E-state index contributed by atoms with van der Waals surface area (Å²) in [6.45, 7) is 4.35. The number of anilines is 4. The van der Waals surface area contributed by atoms with Crippen molar-refractivity contribution in [2.75, 3.05) is 35.5 Å². The number of carbonyl (C=O) groups is 4. The number of benzene rings is 7. The van der Waals surface area contributed by atoms with E-state index < -0.39 is 43.7 Å². The van der Waals surface area contributed by atoms with E-state index in [1.807, 2.05) is 12.1 Å². The molecule has 0 aliphatic rings. The van der Waals surface area contributed by atoms with Crippen LogP contribution >= 0.6 is 69.6 Å². The Balaban J connectivity index is 0.00000162. The quantitative estimate of drug-likeness (QED) is 0.0198. The van der Waals surface area contributed by atoms with Crippen molar-refractivity contribution >= 4 is 140 Å². The van der Waals surface area contributed by atoms with Crippen LogP contribution in [-0.2, 0) is 29.9 Å². The molecule has 0 bridgehead atoms. The van der Waals surface area contributed by atoms with E-state index in [9.17, 15) is 29.4 Å². The molecule has 0 aliphatic heterocycles. The van der Waals surface area contributed by atoms with Crippen LogP contribution in [0.25, 0.3) is 0 Å². The van der Waals surface area contributed by atoms with Gasteiger partial charge in [0.15, 0.2) is 8.59 Å². The van der Waals surface area contributed by atoms with Crippen molar-refractivity contribution in [3.8, 4) is 23.0 Å². The molecule has 7 rings (SSSR count). The monoisotopic (exact) mass is 1320 g/mol. The largest absolute Gasteiger partial charge is 2.00 e. The maximum Gasteiger partial charge on any atom is 2.00 e. The van der Waals surface area contributed by atoms with Gasteiger partial charge in [0.05, 0.1) is 59.5 Å². The molecule has 85 heavy (non-hydrogen) atoms. The molecule has 7 aromatic rings. The third-order valence-electron chi connectivity index (χ3n) is 12.7. The fraction of sp³-hybridized carbons (Fsp3) is 0.250. The van der Waals surface area contributed by atoms with Crippen molar-refractivity contribution < 1.29 is 55.9 Å². The molecule has 0 aromatic heterocycles. The van der Waals surface area contributed by atoms with Crippen LogP contribution in [0.5, 0.6) is 23.0 Å². The molecule has 0 atom stereocenters. The first-order valence-corrected chi connectivity index (χ1v) is 29.5. The number of nitrogens with zero attached hydrogens (tertiary/aromatic N) is 2. The molecule has 0 spiro atoms. The molecule has 0 heterocycles. The molecule has 451 valence electrons. The van der Waals surface area contributed by atoms with Gasteiger partial charge in [-0.2, -0.15) is 0 Å². The number of ether oxygens (including phenoxy) is 2. The number of hydrogen-bond donors (Lipinski definition) is 4. The van der Waals surface area contributed by atoms with E-state index in [-0.39, 0.29) is 50.7 Å². The van der Waals surface area contributed by atoms with Crippen molar-refractivity contribution in [1.82, 2.24) is 0 Å². The van der Waals surface area contributed by atoms with E-state index in [4.69, 9.17) is 89.1 Å². The Morgan fingerprint density at radius 3 is 1.06 bits per heavy atom. The van der Waals surface area contributed by atoms with E-state index >= 15 is 0 Å². The molecule has 0 aliphatic carbocycles. The molecule has 4 N–H and O–H groups in total. The van der Waals surface area contributed by atoms with Crippen LogP contribution in [0.3, 0.4) is 0 Å². The van der Waals surface area contributed by atoms with Gasteiger partial charge in [0.1, 0.15) is 11.5 Å². The number of aryl methyl sites for hydroxylation is 2.